The first kappa shape index (κ1) is 17.5. The standard InChI is InChI=1S/C26H27NO/c1-14-12-19-22(27-13-14)16-9-8-15(2)23-20(16)21-17(26(19,6)7)10-11-18(24(21)28-23)25(3,4)5/h8-13H,1-7H3. The zero-order chi connectivity index (χ0) is 20.0. The fraction of sp³-hybridized carbons (Fsp3) is 0.346. The molecular formula is C26H27NO. The number of furan rings is 1. The first-order valence-corrected chi connectivity index (χ1v) is 10.1. The van der Waals surface area contributed by atoms with Crippen molar-refractivity contribution in [3.8, 4) is 11.3 Å². The third kappa shape index (κ3) is 2.12. The minimum atomic E-state index is -0.160. The second-order valence-electron chi connectivity index (χ2n) is 9.88. The minimum absolute atomic E-state index is 0.0125. The van der Waals surface area contributed by atoms with Crippen LogP contribution in [0.2, 0.25) is 0 Å². The van der Waals surface area contributed by atoms with E-state index in [0.717, 1.165) is 16.9 Å². The average Bonchev–Trinajstić information content (AvgIpc) is 2.98. The molecule has 1 aliphatic rings. The average molecular weight is 370 g/mol. The van der Waals surface area contributed by atoms with Crippen molar-refractivity contribution in [1.82, 2.24) is 4.98 Å². The Morgan fingerprint density at radius 1 is 0.893 bits per heavy atom. The van der Waals surface area contributed by atoms with Crippen molar-refractivity contribution < 1.29 is 4.42 Å². The number of benzene rings is 2. The zero-order valence-corrected chi connectivity index (χ0v) is 17.8. The van der Waals surface area contributed by atoms with Crippen LogP contribution in [0.4, 0.5) is 0 Å². The highest BCUT2D eigenvalue weighted by molar-refractivity contribution is 6.16. The Labute approximate surface area is 166 Å². The van der Waals surface area contributed by atoms with Crippen molar-refractivity contribution in [3.05, 3.63) is 64.3 Å². The number of fused-ring (bicyclic) bond motifs is 2. The maximum atomic E-state index is 6.60. The molecule has 2 heteroatoms. The van der Waals surface area contributed by atoms with Gasteiger partial charge in [-0.25, -0.2) is 0 Å². The molecule has 0 atom stereocenters. The summed E-state index contributed by atoms with van der Waals surface area (Å²) in [6, 6.07) is 11.3. The van der Waals surface area contributed by atoms with E-state index in [4.69, 9.17) is 9.40 Å². The lowest BCUT2D eigenvalue weighted by molar-refractivity contribution is 0.570. The summed E-state index contributed by atoms with van der Waals surface area (Å²) in [6.45, 7) is 15.7. The Bertz CT molecular complexity index is 1280. The summed E-state index contributed by atoms with van der Waals surface area (Å²) >= 11 is 0. The van der Waals surface area contributed by atoms with E-state index in [2.05, 4.69) is 78.8 Å². The highest BCUT2D eigenvalue weighted by Crippen LogP contribution is 2.51. The Kier molecular flexibility index (Phi) is 3.28. The summed E-state index contributed by atoms with van der Waals surface area (Å²) in [5.41, 5.74) is 10.4. The lowest BCUT2D eigenvalue weighted by Crippen LogP contribution is -2.21. The van der Waals surface area contributed by atoms with Gasteiger partial charge in [0.2, 0.25) is 0 Å². The second-order valence-corrected chi connectivity index (χ2v) is 9.88. The lowest BCUT2D eigenvalue weighted by atomic mass is 9.75. The number of hydrogen-bond donors (Lipinski definition) is 0. The first-order valence-electron chi connectivity index (χ1n) is 10.1. The summed E-state index contributed by atoms with van der Waals surface area (Å²) in [4.78, 5) is 4.91. The second kappa shape index (κ2) is 5.26. The number of nitrogens with zero attached hydrogens (tertiary/aromatic N) is 1. The Hall–Kier alpha value is -2.61. The molecule has 0 saturated carbocycles. The highest BCUT2D eigenvalue weighted by atomic mass is 16.3. The van der Waals surface area contributed by atoms with Gasteiger partial charge in [0.05, 0.1) is 5.69 Å². The van der Waals surface area contributed by atoms with Crippen LogP contribution in [0.1, 0.15) is 62.4 Å². The van der Waals surface area contributed by atoms with Crippen LogP contribution in [0.25, 0.3) is 33.2 Å². The van der Waals surface area contributed by atoms with E-state index >= 15 is 0 Å². The fourth-order valence-corrected chi connectivity index (χ4v) is 4.82. The number of pyridine rings is 1. The molecule has 28 heavy (non-hydrogen) atoms. The lowest BCUT2D eigenvalue weighted by Gasteiger charge is -2.29. The topological polar surface area (TPSA) is 26.0 Å². The Morgan fingerprint density at radius 3 is 2.36 bits per heavy atom. The van der Waals surface area contributed by atoms with Crippen LogP contribution < -0.4 is 0 Å². The van der Waals surface area contributed by atoms with E-state index in [1.54, 1.807) is 0 Å². The van der Waals surface area contributed by atoms with Crippen LogP contribution in [-0.4, -0.2) is 4.98 Å². The molecular weight excluding hydrogens is 342 g/mol. The molecule has 0 aliphatic heterocycles. The van der Waals surface area contributed by atoms with Gasteiger partial charge in [0.1, 0.15) is 11.2 Å². The third-order valence-electron chi connectivity index (χ3n) is 6.40. The van der Waals surface area contributed by atoms with Crippen LogP contribution in [0.15, 0.2) is 40.9 Å². The van der Waals surface area contributed by atoms with Crippen LogP contribution in [0.5, 0.6) is 0 Å². The fourth-order valence-electron chi connectivity index (χ4n) is 4.82. The molecule has 1 aliphatic carbocycles. The molecule has 0 unspecified atom stereocenters. The molecule has 0 saturated heterocycles. The molecule has 4 aromatic rings. The van der Waals surface area contributed by atoms with E-state index in [9.17, 15) is 0 Å². The van der Waals surface area contributed by atoms with Crippen molar-refractivity contribution in [2.24, 2.45) is 0 Å². The molecule has 5 rings (SSSR count). The molecule has 2 heterocycles. The number of hydrogen-bond acceptors (Lipinski definition) is 2. The quantitative estimate of drug-likeness (QED) is 0.327. The molecule has 0 N–H and O–H groups in total. The van der Waals surface area contributed by atoms with E-state index in [1.165, 1.54) is 44.2 Å². The molecule has 0 spiro atoms. The van der Waals surface area contributed by atoms with Crippen LogP contribution >= 0.6 is 0 Å². The number of aromatic nitrogens is 1. The molecule has 2 nitrogen and oxygen atoms in total. The predicted molar refractivity (Wildman–Crippen MR) is 117 cm³/mol. The van der Waals surface area contributed by atoms with Gasteiger partial charge in [-0.3, -0.25) is 4.98 Å². The molecule has 0 fully saturated rings. The van der Waals surface area contributed by atoms with E-state index in [1.807, 2.05) is 6.20 Å². The molecule has 0 bridgehead atoms. The van der Waals surface area contributed by atoms with E-state index < -0.39 is 0 Å². The van der Waals surface area contributed by atoms with Gasteiger partial charge in [-0.2, -0.15) is 0 Å². The molecule has 2 aromatic heterocycles. The molecule has 142 valence electrons. The highest BCUT2D eigenvalue weighted by Gasteiger charge is 2.36. The maximum Gasteiger partial charge on any atom is 0.139 e. The van der Waals surface area contributed by atoms with Gasteiger partial charge < -0.3 is 4.42 Å². The number of rotatable bonds is 0. The Morgan fingerprint density at radius 2 is 1.64 bits per heavy atom. The smallest absolute Gasteiger partial charge is 0.139 e. The van der Waals surface area contributed by atoms with Gasteiger partial charge in [-0.05, 0) is 41.5 Å². The van der Waals surface area contributed by atoms with Crippen LogP contribution in [0.3, 0.4) is 0 Å². The van der Waals surface area contributed by atoms with Crippen molar-refractivity contribution in [3.63, 3.8) is 0 Å². The summed E-state index contributed by atoms with van der Waals surface area (Å²) in [7, 11) is 0. The molecule has 0 radical (unpaired) electrons. The van der Waals surface area contributed by atoms with Gasteiger partial charge >= 0.3 is 0 Å². The molecule has 2 aromatic carbocycles. The summed E-state index contributed by atoms with van der Waals surface area (Å²) in [6.07, 6.45) is 1.98. The number of aryl methyl sites for hydroxylation is 2. The predicted octanol–water partition coefficient (Wildman–Crippen LogP) is 7.20. The zero-order valence-electron chi connectivity index (χ0n) is 17.8. The van der Waals surface area contributed by atoms with E-state index in [0.29, 0.717) is 0 Å². The van der Waals surface area contributed by atoms with Gasteiger partial charge in [-0.15, -0.1) is 0 Å². The first-order chi connectivity index (χ1) is 13.1. The van der Waals surface area contributed by atoms with Crippen molar-refractivity contribution >= 4 is 21.9 Å². The van der Waals surface area contributed by atoms with Crippen LogP contribution in [-0.2, 0) is 10.8 Å². The monoisotopic (exact) mass is 369 g/mol. The van der Waals surface area contributed by atoms with E-state index in [-0.39, 0.29) is 10.8 Å². The Balaban J connectivity index is 2.10. The van der Waals surface area contributed by atoms with Crippen molar-refractivity contribution in [2.75, 3.05) is 0 Å². The van der Waals surface area contributed by atoms with Gasteiger partial charge in [-0.1, -0.05) is 65.0 Å². The van der Waals surface area contributed by atoms with Gasteiger partial charge in [0, 0.05) is 33.5 Å². The van der Waals surface area contributed by atoms with Gasteiger partial charge in [0.25, 0.3) is 0 Å². The van der Waals surface area contributed by atoms with Crippen molar-refractivity contribution in [2.45, 2.75) is 59.3 Å². The van der Waals surface area contributed by atoms with Gasteiger partial charge in [0.15, 0.2) is 0 Å². The largest absolute Gasteiger partial charge is 0.455 e. The SMILES string of the molecule is Cc1cnc2c(c1)C(C)(C)c1ccc(C(C)(C)C)c3oc4c(C)ccc-2c4c13. The summed E-state index contributed by atoms with van der Waals surface area (Å²) in [5, 5.41) is 2.49. The maximum absolute atomic E-state index is 6.60. The third-order valence-corrected chi connectivity index (χ3v) is 6.40. The minimum Gasteiger partial charge on any atom is -0.455 e. The molecule has 0 amide bonds. The summed E-state index contributed by atoms with van der Waals surface area (Å²) < 4.78 is 6.60. The van der Waals surface area contributed by atoms with Crippen LogP contribution in [0, 0.1) is 13.8 Å². The normalized spacial score (nSPS) is 15.2. The summed E-state index contributed by atoms with van der Waals surface area (Å²) in [5.74, 6) is 0. The van der Waals surface area contributed by atoms with Crippen molar-refractivity contribution in [1.29, 1.82) is 0 Å².